The zero-order chi connectivity index (χ0) is 21.4. The largest absolute Gasteiger partial charge is 0.487 e. The topological polar surface area (TPSA) is 79.8 Å². The number of aromatic nitrogens is 1. The molecule has 0 N–H and O–H groups in total. The maximum absolute atomic E-state index is 12.7. The molecule has 7 nitrogen and oxygen atoms in total. The third-order valence-electron chi connectivity index (χ3n) is 4.34. The molecule has 11 heteroatoms. The summed E-state index contributed by atoms with van der Waals surface area (Å²) in [6, 6.07) is 7.69. The quantitative estimate of drug-likeness (QED) is 0.729. The molecule has 0 saturated carbocycles. The molecule has 2 heterocycles. The second-order valence-corrected chi connectivity index (χ2v) is 8.79. The fourth-order valence-corrected chi connectivity index (χ4v) is 3.57. The van der Waals surface area contributed by atoms with Crippen molar-refractivity contribution in [1.82, 2.24) is 14.2 Å². The minimum atomic E-state index is -4.56. The van der Waals surface area contributed by atoms with Crippen LogP contribution in [0.2, 0.25) is 0 Å². The van der Waals surface area contributed by atoms with Crippen LogP contribution in [-0.2, 0) is 16.2 Å². The summed E-state index contributed by atoms with van der Waals surface area (Å²) >= 11 is 0. The van der Waals surface area contributed by atoms with Crippen LogP contribution in [0.5, 0.6) is 5.75 Å². The lowest BCUT2D eigenvalue weighted by molar-refractivity contribution is -0.141. The molecule has 1 saturated heterocycles. The van der Waals surface area contributed by atoms with E-state index in [1.54, 1.807) is 0 Å². The number of carbonyl (C=O) groups is 1. The highest BCUT2D eigenvalue weighted by Gasteiger charge is 2.35. The zero-order valence-electron chi connectivity index (χ0n) is 15.5. The van der Waals surface area contributed by atoms with Crippen LogP contribution in [0.4, 0.5) is 13.2 Å². The number of pyridine rings is 1. The number of ether oxygens (including phenoxy) is 1. The summed E-state index contributed by atoms with van der Waals surface area (Å²) in [5, 5.41) is 0. The molecule has 1 amide bonds. The van der Waals surface area contributed by atoms with E-state index in [-0.39, 0.29) is 29.6 Å². The first kappa shape index (κ1) is 21.1. The molecule has 1 fully saturated rings. The number of carbonyl (C=O) groups excluding carboxylic acids is 1. The van der Waals surface area contributed by atoms with Crippen LogP contribution in [0.1, 0.15) is 16.1 Å². The number of nitrogens with zero attached hydrogens (tertiary/aromatic N) is 3. The van der Waals surface area contributed by atoms with Gasteiger partial charge in [-0.05, 0) is 30.3 Å². The van der Waals surface area contributed by atoms with Crippen molar-refractivity contribution in [3.63, 3.8) is 0 Å². The lowest BCUT2D eigenvalue weighted by atomic mass is 10.1. The highest BCUT2D eigenvalue weighted by molar-refractivity contribution is 7.89. The molecule has 0 unspecified atom stereocenters. The lowest BCUT2D eigenvalue weighted by Crippen LogP contribution is -2.56. The Labute approximate surface area is 165 Å². The molecular formula is C18H18F3N3O4S. The van der Waals surface area contributed by atoms with Crippen molar-refractivity contribution in [2.75, 3.05) is 27.2 Å². The highest BCUT2D eigenvalue weighted by Crippen LogP contribution is 2.30. The first-order valence-corrected chi connectivity index (χ1v) is 9.94. The van der Waals surface area contributed by atoms with E-state index in [2.05, 4.69) is 4.98 Å². The minimum absolute atomic E-state index is 0.0302. The molecule has 1 aromatic carbocycles. The number of sulfonamides is 1. The predicted molar refractivity (Wildman–Crippen MR) is 96.9 cm³/mol. The van der Waals surface area contributed by atoms with Crippen LogP contribution in [0.3, 0.4) is 0 Å². The average Bonchev–Trinajstić information content (AvgIpc) is 2.63. The molecule has 29 heavy (non-hydrogen) atoms. The van der Waals surface area contributed by atoms with E-state index in [0.29, 0.717) is 5.56 Å². The standard InChI is InChI=1S/C18H18F3N3O4S/c1-23(2)29(26,27)15-5-3-12(4-6-15)17(25)24-10-14(11-24)28-13-7-8-22-16(9-13)18(19,20)21/h3-9,14H,10-11H2,1-2H3. The van der Waals surface area contributed by atoms with Crippen molar-refractivity contribution in [2.45, 2.75) is 17.2 Å². The Kier molecular flexibility index (Phi) is 5.54. The number of benzene rings is 1. The van der Waals surface area contributed by atoms with Gasteiger partial charge in [0, 0.05) is 31.9 Å². The van der Waals surface area contributed by atoms with Gasteiger partial charge in [-0.1, -0.05) is 0 Å². The fraction of sp³-hybridized carbons (Fsp3) is 0.333. The summed E-state index contributed by atoms with van der Waals surface area (Å²) in [5.41, 5.74) is -0.737. The summed E-state index contributed by atoms with van der Waals surface area (Å²) in [4.78, 5) is 17.3. The molecule has 2 aromatic rings. The molecule has 0 radical (unpaired) electrons. The molecule has 0 spiro atoms. The Morgan fingerprint density at radius 3 is 2.34 bits per heavy atom. The molecular weight excluding hydrogens is 411 g/mol. The van der Waals surface area contributed by atoms with Crippen molar-refractivity contribution >= 4 is 15.9 Å². The van der Waals surface area contributed by atoms with E-state index in [1.165, 1.54) is 49.3 Å². The smallest absolute Gasteiger partial charge is 0.433 e. The fourth-order valence-electron chi connectivity index (χ4n) is 2.67. The highest BCUT2D eigenvalue weighted by atomic mass is 32.2. The van der Waals surface area contributed by atoms with Crippen LogP contribution in [0, 0.1) is 0 Å². The van der Waals surface area contributed by atoms with Gasteiger partial charge in [-0.2, -0.15) is 13.2 Å². The van der Waals surface area contributed by atoms with Gasteiger partial charge in [0.25, 0.3) is 5.91 Å². The third kappa shape index (κ3) is 4.51. The maximum atomic E-state index is 12.7. The zero-order valence-corrected chi connectivity index (χ0v) is 16.4. The van der Waals surface area contributed by atoms with Gasteiger partial charge in [0.15, 0.2) is 0 Å². The summed E-state index contributed by atoms with van der Waals surface area (Å²) in [6.07, 6.45) is -3.98. The second kappa shape index (κ2) is 7.64. The van der Waals surface area contributed by atoms with Gasteiger partial charge in [0.05, 0.1) is 18.0 Å². The maximum Gasteiger partial charge on any atom is 0.433 e. The summed E-state index contributed by atoms with van der Waals surface area (Å²) in [7, 11) is -0.762. The lowest BCUT2D eigenvalue weighted by Gasteiger charge is -2.39. The van der Waals surface area contributed by atoms with Gasteiger partial charge in [-0.3, -0.25) is 9.78 Å². The minimum Gasteiger partial charge on any atom is -0.487 e. The van der Waals surface area contributed by atoms with Crippen molar-refractivity contribution in [1.29, 1.82) is 0 Å². The molecule has 156 valence electrons. The first-order chi connectivity index (χ1) is 13.5. The van der Waals surface area contributed by atoms with Gasteiger partial charge >= 0.3 is 6.18 Å². The Balaban J connectivity index is 1.59. The van der Waals surface area contributed by atoms with Crippen LogP contribution in [0.25, 0.3) is 0 Å². The number of likely N-dealkylation sites (tertiary alicyclic amines) is 1. The van der Waals surface area contributed by atoms with E-state index in [4.69, 9.17) is 4.74 Å². The van der Waals surface area contributed by atoms with Crippen molar-refractivity contribution < 1.29 is 31.1 Å². The molecule has 1 aliphatic rings. The SMILES string of the molecule is CN(C)S(=O)(=O)c1ccc(C(=O)N2CC(Oc3ccnc(C(F)(F)F)c3)C2)cc1. The van der Waals surface area contributed by atoms with Crippen LogP contribution in [0.15, 0.2) is 47.5 Å². The Bertz CT molecular complexity index is 1000. The number of amides is 1. The number of hydrogen-bond donors (Lipinski definition) is 0. The van der Waals surface area contributed by atoms with E-state index in [0.717, 1.165) is 16.6 Å². The summed E-state index contributed by atoms with van der Waals surface area (Å²) in [5.74, 6) is -0.285. The first-order valence-electron chi connectivity index (χ1n) is 8.50. The van der Waals surface area contributed by atoms with Gasteiger partial charge in [-0.15, -0.1) is 0 Å². The summed E-state index contributed by atoms with van der Waals surface area (Å²) < 4.78 is 68.7. The van der Waals surface area contributed by atoms with Crippen LogP contribution >= 0.6 is 0 Å². The van der Waals surface area contributed by atoms with Crippen molar-refractivity contribution in [3.8, 4) is 5.75 Å². The van der Waals surface area contributed by atoms with Gasteiger partial charge in [0.1, 0.15) is 17.5 Å². The van der Waals surface area contributed by atoms with Gasteiger partial charge < -0.3 is 9.64 Å². The number of rotatable bonds is 5. The monoisotopic (exact) mass is 429 g/mol. The molecule has 1 aromatic heterocycles. The number of alkyl halides is 3. The molecule has 1 aliphatic heterocycles. The van der Waals surface area contributed by atoms with E-state index < -0.39 is 28.0 Å². The average molecular weight is 429 g/mol. The molecule has 0 aliphatic carbocycles. The Morgan fingerprint density at radius 1 is 1.17 bits per heavy atom. The summed E-state index contributed by atoms with van der Waals surface area (Å²) in [6.45, 7) is 0.417. The third-order valence-corrected chi connectivity index (χ3v) is 6.17. The van der Waals surface area contributed by atoms with Gasteiger partial charge in [0.2, 0.25) is 10.0 Å². The second-order valence-electron chi connectivity index (χ2n) is 6.64. The van der Waals surface area contributed by atoms with E-state index in [1.807, 2.05) is 0 Å². The Morgan fingerprint density at radius 2 is 1.79 bits per heavy atom. The number of hydrogen-bond acceptors (Lipinski definition) is 5. The van der Waals surface area contributed by atoms with Crippen LogP contribution in [-0.4, -0.2) is 61.8 Å². The molecule has 0 atom stereocenters. The molecule has 0 bridgehead atoms. The van der Waals surface area contributed by atoms with E-state index in [9.17, 15) is 26.4 Å². The Hall–Kier alpha value is -2.66. The van der Waals surface area contributed by atoms with Crippen LogP contribution < -0.4 is 4.74 Å². The number of halogens is 3. The van der Waals surface area contributed by atoms with Crippen molar-refractivity contribution in [3.05, 3.63) is 53.9 Å². The normalized spacial score (nSPS) is 15.3. The van der Waals surface area contributed by atoms with Gasteiger partial charge in [-0.25, -0.2) is 12.7 Å². The predicted octanol–water partition coefficient (Wildman–Crippen LogP) is 2.25. The molecule has 3 rings (SSSR count). The van der Waals surface area contributed by atoms with Crippen molar-refractivity contribution in [2.24, 2.45) is 0 Å². The van der Waals surface area contributed by atoms with E-state index >= 15 is 0 Å².